The summed E-state index contributed by atoms with van der Waals surface area (Å²) < 4.78 is 19.6. The standard InChI is InChI=1S/C20H27FN6O3/c1-15-19(23-24-27(15)17-6-4-16(21)5-7-17)20(29)26-11-9-25(10-12-26)14-18(28)22-8-3-13-30-2/h4-7H,3,8-14H2,1-2H3,(H,22,28). The van der Waals surface area contributed by atoms with Gasteiger partial charge in [0.05, 0.1) is 17.9 Å². The van der Waals surface area contributed by atoms with Crippen LogP contribution in [0.15, 0.2) is 24.3 Å². The zero-order chi connectivity index (χ0) is 21.5. The Kier molecular flexibility index (Phi) is 7.47. The molecule has 0 atom stereocenters. The van der Waals surface area contributed by atoms with Gasteiger partial charge in [0.1, 0.15) is 5.82 Å². The predicted molar refractivity (Wildman–Crippen MR) is 108 cm³/mol. The normalized spacial score (nSPS) is 14.7. The molecule has 0 unspecified atom stereocenters. The number of nitrogens with one attached hydrogen (secondary N) is 1. The maximum absolute atomic E-state index is 13.1. The summed E-state index contributed by atoms with van der Waals surface area (Å²) in [6.45, 7) is 5.54. The quantitative estimate of drug-likeness (QED) is 0.632. The fourth-order valence-corrected chi connectivity index (χ4v) is 3.32. The number of carbonyl (C=O) groups is 2. The molecule has 0 aliphatic carbocycles. The number of piperazine rings is 1. The lowest BCUT2D eigenvalue weighted by Crippen LogP contribution is -2.51. The van der Waals surface area contributed by atoms with Crippen LogP contribution in [0.1, 0.15) is 22.6 Å². The molecular weight excluding hydrogens is 391 g/mol. The molecule has 1 aromatic carbocycles. The monoisotopic (exact) mass is 418 g/mol. The molecule has 162 valence electrons. The Bertz CT molecular complexity index is 862. The van der Waals surface area contributed by atoms with Crippen LogP contribution in [0.4, 0.5) is 4.39 Å². The first-order valence-electron chi connectivity index (χ1n) is 9.95. The number of aromatic nitrogens is 3. The molecule has 9 nitrogen and oxygen atoms in total. The Balaban J connectivity index is 1.52. The van der Waals surface area contributed by atoms with Gasteiger partial charge in [0.15, 0.2) is 5.69 Å². The van der Waals surface area contributed by atoms with Gasteiger partial charge in [-0.1, -0.05) is 5.21 Å². The Morgan fingerprint density at radius 3 is 2.53 bits per heavy atom. The number of halogens is 1. The zero-order valence-electron chi connectivity index (χ0n) is 17.3. The van der Waals surface area contributed by atoms with Crippen LogP contribution < -0.4 is 5.32 Å². The van der Waals surface area contributed by atoms with Gasteiger partial charge in [0.2, 0.25) is 5.91 Å². The van der Waals surface area contributed by atoms with E-state index in [1.807, 2.05) is 4.90 Å². The lowest BCUT2D eigenvalue weighted by molar-refractivity contribution is -0.122. The highest BCUT2D eigenvalue weighted by atomic mass is 19.1. The molecule has 0 bridgehead atoms. The van der Waals surface area contributed by atoms with E-state index in [4.69, 9.17) is 4.74 Å². The van der Waals surface area contributed by atoms with Crippen molar-refractivity contribution < 1.29 is 18.7 Å². The molecule has 2 heterocycles. The SMILES string of the molecule is COCCCNC(=O)CN1CCN(C(=O)c2nnn(-c3ccc(F)cc3)c2C)CC1. The van der Waals surface area contributed by atoms with Gasteiger partial charge in [-0.25, -0.2) is 9.07 Å². The number of nitrogens with zero attached hydrogens (tertiary/aromatic N) is 5. The van der Waals surface area contributed by atoms with E-state index in [-0.39, 0.29) is 23.3 Å². The van der Waals surface area contributed by atoms with Gasteiger partial charge in [-0.3, -0.25) is 14.5 Å². The zero-order valence-corrected chi connectivity index (χ0v) is 17.3. The average Bonchev–Trinajstić information content (AvgIpc) is 3.13. The molecular formula is C20H27FN6O3. The van der Waals surface area contributed by atoms with Gasteiger partial charge < -0.3 is 15.0 Å². The number of rotatable bonds is 8. The number of hydrogen-bond acceptors (Lipinski definition) is 6. The van der Waals surface area contributed by atoms with Crippen molar-refractivity contribution in [3.8, 4) is 5.69 Å². The van der Waals surface area contributed by atoms with Crippen LogP contribution in [-0.2, 0) is 9.53 Å². The molecule has 30 heavy (non-hydrogen) atoms. The van der Waals surface area contributed by atoms with Crippen molar-refractivity contribution in [3.05, 3.63) is 41.5 Å². The van der Waals surface area contributed by atoms with E-state index >= 15 is 0 Å². The summed E-state index contributed by atoms with van der Waals surface area (Å²) in [4.78, 5) is 28.6. The maximum Gasteiger partial charge on any atom is 0.276 e. The molecule has 2 amide bonds. The first-order valence-corrected chi connectivity index (χ1v) is 9.95. The number of methoxy groups -OCH3 is 1. The van der Waals surface area contributed by atoms with Gasteiger partial charge in [-0.2, -0.15) is 0 Å². The third-order valence-electron chi connectivity index (χ3n) is 5.04. The molecule has 0 spiro atoms. The molecule has 0 saturated carbocycles. The summed E-state index contributed by atoms with van der Waals surface area (Å²) in [5.41, 5.74) is 1.52. The molecule has 1 N–H and O–H groups in total. The number of amides is 2. The van der Waals surface area contributed by atoms with Gasteiger partial charge in [0, 0.05) is 46.4 Å². The summed E-state index contributed by atoms with van der Waals surface area (Å²) in [7, 11) is 1.63. The first kappa shape index (κ1) is 21.8. The van der Waals surface area contributed by atoms with Crippen LogP contribution >= 0.6 is 0 Å². The van der Waals surface area contributed by atoms with E-state index in [1.54, 1.807) is 31.1 Å². The largest absolute Gasteiger partial charge is 0.385 e. The topological polar surface area (TPSA) is 92.6 Å². The molecule has 1 fully saturated rings. The van der Waals surface area contributed by atoms with Crippen molar-refractivity contribution in [1.29, 1.82) is 0 Å². The van der Waals surface area contributed by atoms with Gasteiger partial charge in [0.25, 0.3) is 5.91 Å². The van der Waals surface area contributed by atoms with Crippen LogP contribution in [0.25, 0.3) is 5.69 Å². The number of ether oxygens (including phenoxy) is 1. The molecule has 1 aliphatic rings. The molecule has 1 aromatic heterocycles. The lowest BCUT2D eigenvalue weighted by Gasteiger charge is -2.34. The van der Waals surface area contributed by atoms with E-state index < -0.39 is 0 Å². The van der Waals surface area contributed by atoms with Crippen molar-refractivity contribution in [2.24, 2.45) is 0 Å². The van der Waals surface area contributed by atoms with Crippen molar-refractivity contribution in [3.63, 3.8) is 0 Å². The van der Waals surface area contributed by atoms with Crippen molar-refractivity contribution in [2.45, 2.75) is 13.3 Å². The van der Waals surface area contributed by atoms with Gasteiger partial charge >= 0.3 is 0 Å². The summed E-state index contributed by atoms with van der Waals surface area (Å²) in [6, 6.07) is 5.85. The van der Waals surface area contributed by atoms with E-state index in [0.29, 0.717) is 57.3 Å². The molecule has 0 radical (unpaired) electrons. The Morgan fingerprint density at radius 2 is 1.87 bits per heavy atom. The molecule has 2 aromatic rings. The van der Waals surface area contributed by atoms with Gasteiger partial charge in [-0.15, -0.1) is 5.10 Å². The van der Waals surface area contributed by atoms with Crippen LogP contribution in [0.2, 0.25) is 0 Å². The minimum atomic E-state index is -0.339. The first-order chi connectivity index (χ1) is 14.5. The fraction of sp³-hybridized carbons (Fsp3) is 0.500. The van der Waals surface area contributed by atoms with Crippen LogP contribution in [-0.4, -0.2) is 89.6 Å². The fourth-order valence-electron chi connectivity index (χ4n) is 3.32. The van der Waals surface area contributed by atoms with E-state index in [2.05, 4.69) is 15.6 Å². The van der Waals surface area contributed by atoms with E-state index in [9.17, 15) is 14.0 Å². The van der Waals surface area contributed by atoms with E-state index in [0.717, 1.165) is 6.42 Å². The smallest absolute Gasteiger partial charge is 0.276 e. The third-order valence-corrected chi connectivity index (χ3v) is 5.04. The van der Waals surface area contributed by atoms with Crippen LogP contribution in [0, 0.1) is 12.7 Å². The molecule has 10 heteroatoms. The van der Waals surface area contributed by atoms with Gasteiger partial charge in [-0.05, 0) is 37.6 Å². The highest BCUT2D eigenvalue weighted by molar-refractivity contribution is 5.93. The van der Waals surface area contributed by atoms with Crippen LogP contribution in [0.3, 0.4) is 0 Å². The Labute approximate surface area is 174 Å². The second kappa shape index (κ2) is 10.3. The number of hydrogen-bond donors (Lipinski definition) is 1. The van der Waals surface area contributed by atoms with E-state index in [1.165, 1.54) is 16.8 Å². The second-order valence-corrected chi connectivity index (χ2v) is 7.18. The maximum atomic E-state index is 13.1. The minimum Gasteiger partial charge on any atom is -0.385 e. The number of benzene rings is 1. The summed E-state index contributed by atoms with van der Waals surface area (Å²) in [5, 5.41) is 11.0. The summed E-state index contributed by atoms with van der Waals surface area (Å²) >= 11 is 0. The predicted octanol–water partition coefficient (Wildman–Crippen LogP) is 0.625. The third kappa shape index (κ3) is 5.39. The summed E-state index contributed by atoms with van der Waals surface area (Å²) in [5.74, 6) is -0.553. The van der Waals surface area contributed by atoms with Crippen molar-refractivity contribution in [1.82, 2.24) is 30.1 Å². The Hall–Kier alpha value is -2.85. The Morgan fingerprint density at radius 1 is 1.17 bits per heavy atom. The molecule has 1 saturated heterocycles. The van der Waals surface area contributed by atoms with Crippen LogP contribution in [0.5, 0.6) is 0 Å². The average molecular weight is 418 g/mol. The van der Waals surface area contributed by atoms with Crippen molar-refractivity contribution >= 4 is 11.8 Å². The lowest BCUT2D eigenvalue weighted by atomic mass is 10.2. The highest BCUT2D eigenvalue weighted by Gasteiger charge is 2.27. The number of carbonyl (C=O) groups excluding carboxylic acids is 2. The minimum absolute atomic E-state index is 0.0241. The summed E-state index contributed by atoms with van der Waals surface area (Å²) in [6.07, 6.45) is 0.780. The molecule has 1 aliphatic heterocycles. The molecule has 3 rings (SSSR count). The van der Waals surface area contributed by atoms with Crippen molar-refractivity contribution in [2.75, 3.05) is 53.0 Å². The second-order valence-electron chi connectivity index (χ2n) is 7.18. The highest BCUT2D eigenvalue weighted by Crippen LogP contribution is 2.15.